The summed E-state index contributed by atoms with van der Waals surface area (Å²) in [5.41, 5.74) is 5.08. The lowest BCUT2D eigenvalue weighted by Gasteiger charge is -2.17. The number of benzene rings is 2. The van der Waals surface area contributed by atoms with Gasteiger partial charge < -0.3 is 10.1 Å². The monoisotopic (exact) mass is 477 g/mol. The second-order valence-electron chi connectivity index (χ2n) is 8.20. The highest BCUT2D eigenvalue weighted by atomic mass is 35.5. The highest BCUT2D eigenvalue weighted by Crippen LogP contribution is 2.29. The maximum absolute atomic E-state index is 12.4. The lowest BCUT2D eigenvalue weighted by atomic mass is 9.88. The molecule has 0 aliphatic heterocycles. The van der Waals surface area contributed by atoms with Gasteiger partial charge in [-0.15, -0.1) is 0 Å². The molecule has 0 spiro atoms. The summed E-state index contributed by atoms with van der Waals surface area (Å²) in [5.74, 6) is 0.717. The molecule has 0 saturated heterocycles. The summed E-state index contributed by atoms with van der Waals surface area (Å²) in [6.07, 6.45) is 7.04. The third kappa shape index (κ3) is 6.61. The van der Waals surface area contributed by atoms with Gasteiger partial charge in [0, 0.05) is 42.4 Å². The predicted molar refractivity (Wildman–Crippen MR) is 140 cm³/mol. The highest BCUT2D eigenvalue weighted by Gasteiger charge is 2.12. The second-order valence-corrected chi connectivity index (χ2v) is 8.64. The number of aromatic nitrogens is 2. The number of rotatable bonds is 11. The Morgan fingerprint density at radius 1 is 1.18 bits per heavy atom. The summed E-state index contributed by atoms with van der Waals surface area (Å²) in [6, 6.07) is 16.7. The molecular weight excluding hydrogens is 446 g/mol. The van der Waals surface area contributed by atoms with E-state index < -0.39 is 0 Å². The van der Waals surface area contributed by atoms with Gasteiger partial charge in [0.1, 0.15) is 0 Å². The van der Waals surface area contributed by atoms with Crippen LogP contribution in [0.15, 0.2) is 84.0 Å². The number of ether oxygens (including phenoxy) is 1. The number of halogens is 1. The van der Waals surface area contributed by atoms with Crippen LogP contribution in [0.3, 0.4) is 0 Å². The van der Waals surface area contributed by atoms with E-state index in [9.17, 15) is 4.79 Å². The van der Waals surface area contributed by atoms with Gasteiger partial charge in [-0.2, -0.15) is 4.98 Å². The molecule has 1 aromatic heterocycles. The highest BCUT2D eigenvalue weighted by molar-refractivity contribution is 6.30. The van der Waals surface area contributed by atoms with Crippen molar-refractivity contribution in [2.75, 3.05) is 13.7 Å². The summed E-state index contributed by atoms with van der Waals surface area (Å²) in [5, 5.41) is 3.71. The van der Waals surface area contributed by atoms with Gasteiger partial charge in [0.2, 0.25) is 5.88 Å². The minimum Gasteiger partial charge on any atom is -0.477 e. The second kappa shape index (κ2) is 12.2. The zero-order valence-corrected chi connectivity index (χ0v) is 20.8. The molecule has 0 saturated carbocycles. The Kier molecular flexibility index (Phi) is 9.11. The van der Waals surface area contributed by atoms with Crippen LogP contribution in [0.2, 0.25) is 5.02 Å². The van der Waals surface area contributed by atoms with E-state index in [-0.39, 0.29) is 5.69 Å². The number of nitrogens with one attached hydrogen (secondary N) is 1. The zero-order valence-electron chi connectivity index (χ0n) is 20.1. The first-order valence-electron chi connectivity index (χ1n) is 11.5. The Morgan fingerprint density at radius 2 is 1.82 bits per heavy atom. The van der Waals surface area contributed by atoms with Crippen molar-refractivity contribution in [3.63, 3.8) is 0 Å². The molecule has 0 bridgehead atoms. The Morgan fingerprint density at radius 3 is 2.41 bits per heavy atom. The van der Waals surface area contributed by atoms with Gasteiger partial charge in [0.05, 0.1) is 13.2 Å². The number of hydrogen-bond donors (Lipinski definition) is 1. The molecular formula is C28H32ClN3O2. The van der Waals surface area contributed by atoms with Crippen LogP contribution in [0, 0.1) is 6.92 Å². The van der Waals surface area contributed by atoms with E-state index in [1.165, 1.54) is 16.7 Å². The van der Waals surface area contributed by atoms with Gasteiger partial charge in [0.25, 0.3) is 0 Å². The Bertz CT molecular complexity index is 1180. The number of hydrogen-bond acceptors (Lipinski definition) is 4. The summed E-state index contributed by atoms with van der Waals surface area (Å²) in [6.45, 7) is 8.71. The normalized spacial score (nSPS) is 12.3. The molecule has 0 aliphatic carbocycles. The molecule has 6 heteroatoms. The molecule has 1 unspecified atom stereocenters. The Labute approximate surface area is 206 Å². The van der Waals surface area contributed by atoms with Crippen LogP contribution in [-0.4, -0.2) is 23.2 Å². The van der Waals surface area contributed by atoms with Gasteiger partial charge in [-0.05, 0) is 47.7 Å². The van der Waals surface area contributed by atoms with Crippen molar-refractivity contribution < 1.29 is 4.74 Å². The molecule has 1 N–H and O–H groups in total. The average molecular weight is 478 g/mol. The average Bonchev–Trinajstić information content (AvgIpc) is 2.84. The van der Waals surface area contributed by atoms with E-state index in [1.807, 2.05) is 32.3 Å². The lowest BCUT2D eigenvalue weighted by Crippen LogP contribution is -2.25. The van der Waals surface area contributed by atoms with Crippen LogP contribution in [0.25, 0.3) is 0 Å². The van der Waals surface area contributed by atoms with Gasteiger partial charge >= 0.3 is 5.69 Å². The summed E-state index contributed by atoms with van der Waals surface area (Å²) < 4.78 is 7.40. The summed E-state index contributed by atoms with van der Waals surface area (Å²) in [4.78, 5) is 16.6. The van der Waals surface area contributed by atoms with Crippen molar-refractivity contribution in [1.29, 1.82) is 0 Å². The van der Waals surface area contributed by atoms with E-state index in [2.05, 4.69) is 60.2 Å². The first-order valence-corrected chi connectivity index (χ1v) is 11.9. The van der Waals surface area contributed by atoms with Crippen molar-refractivity contribution in [3.8, 4) is 5.88 Å². The third-order valence-electron chi connectivity index (χ3n) is 5.77. The molecule has 0 amide bonds. The van der Waals surface area contributed by atoms with Crippen LogP contribution in [0.4, 0.5) is 0 Å². The van der Waals surface area contributed by atoms with E-state index >= 15 is 0 Å². The molecule has 2 aromatic carbocycles. The fourth-order valence-electron chi connectivity index (χ4n) is 3.94. The van der Waals surface area contributed by atoms with E-state index in [0.717, 1.165) is 29.0 Å². The Balaban J connectivity index is 1.61. The fourth-order valence-corrected chi connectivity index (χ4v) is 4.06. The van der Waals surface area contributed by atoms with Crippen LogP contribution >= 0.6 is 11.6 Å². The quantitative estimate of drug-likeness (QED) is 0.362. The molecule has 0 fully saturated rings. The SMILES string of the molecule is C=C/C(=C\NC)Cn1cc(C)c(OCCc2ccc(C(CC)c3ccc(Cl)cc3)cc2)nc1=O. The van der Waals surface area contributed by atoms with Crippen LogP contribution in [-0.2, 0) is 13.0 Å². The number of nitrogens with zero attached hydrogens (tertiary/aromatic N) is 2. The number of aryl methyl sites for hydroxylation is 1. The minimum atomic E-state index is -0.346. The van der Waals surface area contributed by atoms with Crippen molar-refractivity contribution >= 4 is 11.6 Å². The van der Waals surface area contributed by atoms with Gasteiger partial charge in [0.15, 0.2) is 0 Å². The molecule has 3 aromatic rings. The van der Waals surface area contributed by atoms with E-state index in [0.29, 0.717) is 24.9 Å². The molecule has 0 aliphatic rings. The zero-order chi connectivity index (χ0) is 24.5. The third-order valence-corrected chi connectivity index (χ3v) is 6.02. The van der Waals surface area contributed by atoms with Crippen molar-refractivity contribution in [1.82, 2.24) is 14.9 Å². The van der Waals surface area contributed by atoms with Crippen LogP contribution in [0.5, 0.6) is 5.88 Å². The minimum absolute atomic E-state index is 0.338. The first-order chi connectivity index (χ1) is 16.4. The largest absolute Gasteiger partial charge is 0.477 e. The van der Waals surface area contributed by atoms with E-state index in [4.69, 9.17) is 16.3 Å². The number of allylic oxidation sites excluding steroid dienone is 2. The van der Waals surface area contributed by atoms with E-state index in [1.54, 1.807) is 16.8 Å². The van der Waals surface area contributed by atoms with Crippen LogP contribution in [0.1, 0.15) is 41.5 Å². The van der Waals surface area contributed by atoms with Gasteiger partial charge in [-0.1, -0.05) is 67.6 Å². The van der Waals surface area contributed by atoms with Crippen molar-refractivity contribution in [3.05, 3.63) is 117 Å². The van der Waals surface area contributed by atoms with Crippen molar-refractivity contribution in [2.45, 2.75) is 39.2 Å². The maximum atomic E-state index is 12.4. The Hall–Kier alpha value is -3.31. The molecule has 5 nitrogen and oxygen atoms in total. The maximum Gasteiger partial charge on any atom is 0.351 e. The lowest BCUT2D eigenvalue weighted by molar-refractivity contribution is 0.304. The molecule has 1 atom stereocenters. The van der Waals surface area contributed by atoms with Crippen LogP contribution < -0.4 is 15.7 Å². The van der Waals surface area contributed by atoms with Crippen molar-refractivity contribution in [2.24, 2.45) is 0 Å². The summed E-state index contributed by atoms with van der Waals surface area (Å²) >= 11 is 6.04. The molecule has 3 rings (SSSR count). The van der Waals surface area contributed by atoms with Gasteiger partial charge in [-0.3, -0.25) is 4.57 Å². The topological polar surface area (TPSA) is 56.1 Å². The predicted octanol–water partition coefficient (Wildman–Crippen LogP) is 5.66. The van der Waals surface area contributed by atoms with Gasteiger partial charge in [-0.25, -0.2) is 4.79 Å². The molecule has 178 valence electrons. The molecule has 1 heterocycles. The summed E-state index contributed by atoms with van der Waals surface area (Å²) in [7, 11) is 1.81. The molecule has 34 heavy (non-hydrogen) atoms. The smallest absolute Gasteiger partial charge is 0.351 e. The fraction of sp³-hybridized carbons (Fsp3) is 0.286. The molecule has 0 radical (unpaired) electrons. The standard InChI is InChI=1S/C28H32ClN3O2/c1-5-21(17-30-4)19-32-18-20(3)27(31-28(32)33)34-16-15-22-7-9-23(10-8-22)26(6-2)24-11-13-25(29)14-12-24/h5,7-14,17-18,26,30H,1,6,15-16,19H2,2-4H3/b21-17+. The first kappa shape index (κ1) is 25.3.